The number of rotatable bonds is 6. The first kappa shape index (κ1) is 19.0. The Morgan fingerprint density at radius 2 is 2.26 bits per heavy atom. The quantitative estimate of drug-likeness (QED) is 0.340. The van der Waals surface area contributed by atoms with Gasteiger partial charge in [-0.15, -0.1) is 0 Å². The summed E-state index contributed by atoms with van der Waals surface area (Å²) in [5, 5.41) is 6.14. The maximum Gasteiger partial charge on any atom is 0.324 e. The molecule has 1 aromatic carbocycles. The largest absolute Gasteiger partial charge is 0.376 e. The Morgan fingerprint density at radius 3 is 2.89 bits per heavy atom. The van der Waals surface area contributed by atoms with Crippen molar-refractivity contribution in [2.24, 2.45) is 15.9 Å². The maximum absolute atomic E-state index is 11.7. The zero-order valence-corrected chi connectivity index (χ0v) is 15.5. The van der Waals surface area contributed by atoms with Crippen LogP contribution >= 0.6 is 0 Å². The number of aliphatic imine (C=N–C) groups is 1. The molecule has 144 valence electrons. The molecular weight excluding hydrogens is 346 g/mol. The standard InChI is InChI=1S/C19H25N5O3/c1-13-8-14(11-24-12-18(25)22-19(24)26)5-6-16(13)17(23-20)10-21-9-15-4-2-3-7-27-15/h5-6,8,10,15H,2-4,7,9,11-12,20H2,1H3,(H,22,25,26)/b21-10?,23-17+. The molecule has 2 aliphatic rings. The number of hydrogen-bond acceptors (Lipinski definition) is 6. The third-order valence-electron chi connectivity index (χ3n) is 4.74. The summed E-state index contributed by atoms with van der Waals surface area (Å²) >= 11 is 0. The Morgan fingerprint density at radius 1 is 1.41 bits per heavy atom. The van der Waals surface area contributed by atoms with E-state index in [1.54, 1.807) is 6.21 Å². The van der Waals surface area contributed by atoms with E-state index in [1.165, 1.54) is 11.3 Å². The summed E-state index contributed by atoms with van der Waals surface area (Å²) in [6.07, 6.45) is 5.19. The normalized spacial score (nSPS) is 21.1. The van der Waals surface area contributed by atoms with Gasteiger partial charge >= 0.3 is 6.03 Å². The average molecular weight is 371 g/mol. The first-order valence-electron chi connectivity index (χ1n) is 9.15. The summed E-state index contributed by atoms with van der Waals surface area (Å²) < 4.78 is 5.67. The number of hydrogen-bond donors (Lipinski definition) is 2. The van der Waals surface area contributed by atoms with Crippen LogP contribution in [0.15, 0.2) is 28.3 Å². The third kappa shape index (κ3) is 4.91. The molecule has 3 N–H and O–H groups in total. The molecule has 0 bridgehead atoms. The fraction of sp³-hybridized carbons (Fsp3) is 0.474. The lowest BCUT2D eigenvalue weighted by Gasteiger charge is -2.20. The van der Waals surface area contributed by atoms with Crippen LogP contribution in [0.1, 0.15) is 36.0 Å². The van der Waals surface area contributed by atoms with Crippen molar-refractivity contribution in [3.63, 3.8) is 0 Å². The van der Waals surface area contributed by atoms with Gasteiger partial charge in [-0.25, -0.2) is 4.79 Å². The van der Waals surface area contributed by atoms with Crippen molar-refractivity contribution in [3.8, 4) is 0 Å². The molecule has 1 atom stereocenters. The van der Waals surface area contributed by atoms with Gasteiger partial charge in [0.15, 0.2) is 0 Å². The maximum atomic E-state index is 11.7. The van der Waals surface area contributed by atoms with Gasteiger partial charge in [0.05, 0.1) is 12.6 Å². The molecule has 0 radical (unpaired) electrons. The lowest BCUT2D eigenvalue weighted by atomic mass is 10.0. The SMILES string of the molecule is Cc1cc(CN2CC(=O)NC2=O)ccc1/C(C=NCC1CCCCO1)=N/N. The smallest absolute Gasteiger partial charge is 0.324 e. The summed E-state index contributed by atoms with van der Waals surface area (Å²) in [7, 11) is 0. The number of ether oxygens (including phenoxy) is 1. The number of imide groups is 1. The van der Waals surface area contributed by atoms with E-state index in [-0.39, 0.29) is 24.6 Å². The third-order valence-corrected chi connectivity index (χ3v) is 4.74. The van der Waals surface area contributed by atoms with Gasteiger partial charge in [0, 0.05) is 24.9 Å². The van der Waals surface area contributed by atoms with E-state index in [1.807, 2.05) is 25.1 Å². The molecule has 1 aromatic rings. The summed E-state index contributed by atoms with van der Waals surface area (Å²) in [5.74, 6) is 5.29. The molecule has 3 rings (SSSR count). The number of carbonyl (C=O) groups excluding carboxylic acids is 2. The van der Waals surface area contributed by atoms with E-state index in [4.69, 9.17) is 10.6 Å². The van der Waals surface area contributed by atoms with E-state index < -0.39 is 0 Å². The van der Waals surface area contributed by atoms with Gasteiger partial charge in [0.2, 0.25) is 5.91 Å². The molecule has 0 aromatic heterocycles. The molecule has 2 heterocycles. The summed E-state index contributed by atoms with van der Waals surface area (Å²) in [5.41, 5.74) is 3.40. The monoisotopic (exact) mass is 371 g/mol. The van der Waals surface area contributed by atoms with E-state index in [0.29, 0.717) is 18.8 Å². The second-order valence-corrected chi connectivity index (χ2v) is 6.86. The van der Waals surface area contributed by atoms with Crippen LogP contribution in [0.25, 0.3) is 0 Å². The number of amides is 3. The summed E-state index contributed by atoms with van der Waals surface area (Å²) in [4.78, 5) is 28.9. The predicted octanol–water partition coefficient (Wildman–Crippen LogP) is 1.35. The van der Waals surface area contributed by atoms with Gasteiger partial charge in [0.1, 0.15) is 12.3 Å². The van der Waals surface area contributed by atoms with Crippen molar-refractivity contribution in [2.75, 3.05) is 19.7 Å². The molecule has 3 amide bonds. The van der Waals surface area contributed by atoms with Crippen molar-refractivity contribution in [2.45, 2.75) is 38.8 Å². The number of nitrogens with zero attached hydrogens (tertiary/aromatic N) is 3. The molecular formula is C19H25N5O3. The predicted molar refractivity (Wildman–Crippen MR) is 103 cm³/mol. The van der Waals surface area contributed by atoms with Crippen LogP contribution in [-0.4, -0.2) is 54.6 Å². The molecule has 0 aliphatic carbocycles. The Kier molecular flexibility index (Phi) is 6.18. The van der Waals surface area contributed by atoms with Crippen LogP contribution in [0.4, 0.5) is 4.79 Å². The van der Waals surface area contributed by atoms with Gasteiger partial charge in [-0.1, -0.05) is 18.2 Å². The minimum absolute atomic E-state index is 0.0883. The van der Waals surface area contributed by atoms with Crippen molar-refractivity contribution >= 4 is 23.9 Å². The van der Waals surface area contributed by atoms with E-state index >= 15 is 0 Å². The van der Waals surface area contributed by atoms with E-state index in [2.05, 4.69) is 15.4 Å². The molecule has 27 heavy (non-hydrogen) atoms. The van der Waals surface area contributed by atoms with Crippen LogP contribution in [0.5, 0.6) is 0 Å². The number of urea groups is 1. The fourth-order valence-electron chi connectivity index (χ4n) is 3.32. The second-order valence-electron chi connectivity index (χ2n) is 6.86. The highest BCUT2D eigenvalue weighted by atomic mass is 16.5. The minimum Gasteiger partial charge on any atom is -0.376 e. The van der Waals surface area contributed by atoms with Crippen LogP contribution in [-0.2, 0) is 16.1 Å². The van der Waals surface area contributed by atoms with Gasteiger partial charge in [-0.3, -0.25) is 15.1 Å². The Balaban J connectivity index is 1.64. The van der Waals surface area contributed by atoms with Gasteiger partial charge < -0.3 is 15.5 Å². The Hall–Kier alpha value is -2.74. The first-order chi connectivity index (χ1) is 13.1. The zero-order valence-electron chi connectivity index (χ0n) is 15.5. The van der Waals surface area contributed by atoms with Crippen molar-refractivity contribution < 1.29 is 14.3 Å². The Bertz CT molecular complexity index is 769. The number of hydrazone groups is 1. The highest BCUT2D eigenvalue weighted by molar-refractivity contribution is 6.38. The molecule has 2 fully saturated rings. The topological polar surface area (TPSA) is 109 Å². The van der Waals surface area contributed by atoms with Crippen LogP contribution in [0.3, 0.4) is 0 Å². The molecule has 8 nitrogen and oxygen atoms in total. The fourth-order valence-corrected chi connectivity index (χ4v) is 3.32. The minimum atomic E-state index is -0.358. The van der Waals surface area contributed by atoms with Gasteiger partial charge in [-0.05, 0) is 37.3 Å². The number of carbonyl (C=O) groups is 2. The average Bonchev–Trinajstić information content (AvgIpc) is 2.97. The Labute approximate surface area is 158 Å². The van der Waals surface area contributed by atoms with Crippen molar-refractivity contribution in [3.05, 3.63) is 34.9 Å². The zero-order chi connectivity index (χ0) is 19.2. The molecule has 8 heteroatoms. The van der Waals surface area contributed by atoms with Gasteiger partial charge in [-0.2, -0.15) is 5.10 Å². The number of aryl methyl sites for hydroxylation is 1. The van der Waals surface area contributed by atoms with E-state index in [0.717, 1.165) is 36.1 Å². The van der Waals surface area contributed by atoms with Crippen LogP contribution in [0, 0.1) is 6.92 Å². The van der Waals surface area contributed by atoms with Crippen molar-refractivity contribution in [1.29, 1.82) is 0 Å². The molecule has 0 saturated carbocycles. The number of nitrogens with two attached hydrogens (primary N) is 1. The summed E-state index contributed by atoms with van der Waals surface area (Å²) in [6.45, 7) is 3.83. The van der Waals surface area contributed by atoms with Crippen LogP contribution in [0.2, 0.25) is 0 Å². The first-order valence-corrected chi connectivity index (χ1v) is 9.15. The van der Waals surface area contributed by atoms with Crippen molar-refractivity contribution in [1.82, 2.24) is 10.2 Å². The molecule has 1 unspecified atom stereocenters. The highest BCUT2D eigenvalue weighted by Gasteiger charge is 2.26. The molecule has 2 saturated heterocycles. The van der Waals surface area contributed by atoms with E-state index in [9.17, 15) is 9.59 Å². The molecule has 0 spiro atoms. The summed E-state index contributed by atoms with van der Waals surface area (Å²) in [6, 6.07) is 5.43. The van der Waals surface area contributed by atoms with Crippen LogP contribution < -0.4 is 11.2 Å². The highest BCUT2D eigenvalue weighted by Crippen LogP contribution is 2.16. The van der Waals surface area contributed by atoms with Gasteiger partial charge in [0.25, 0.3) is 0 Å². The second kappa shape index (κ2) is 8.77. The number of benzene rings is 1. The molecule has 2 aliphatic heterocycles. The lowest BCUT2D eigenvalue weighted by Crippen LogP contribution is -2.27. The number of nitrogens with one attached hydrogen (secondary N) is 1. The lowest BCUT2D eigenvalue weighted by molar-refractivity contribution is -0.118.